The van der Waals surface area contributed by atoms with E-state index < -0.39 is 0 Å². The first kappa shape index (κ1) is 14.4. The molecule has 0 aromatic carbocycles. The molecule has 3 rings (SSSR count). The number of anilines is 1. The van der Waals surface area contributed by atoms with Crippen molar-refractivity contribution in [1.82, 2.24) is 4.98 Å². The van der Waals surface area contributed by atoms with Crippen LogP contribution in [0.2, 0.25) is 0 Å². The van der Waals surface area contributed by atoms with Gasteiger partial charge in [-0.3, -0.25) is 0 Å². The molecule has 0 amide bonds. The van der Waals surface area contributed by atoms with Crippen LogP contribution in [0.1, 0.15) is 44.9 Å². The summed E-state index contributed by atoms with van der Waals surface area (Å²) in [4.78, 5) is 7.15. The van der Waals surface area contributed by atoms with Crippen molar-refractivity contribution >= 4 is 16.8 Å². The lowest BCUT2D eigenvalue weighted by Crippen LogP contribution is -2.37. The second-order valence-electron chi connectivity index (χ2n) is 5.95. The maximum Gasteiger partial charge on any atom is 0.139 e. The predicted octanol–water partition coefficient (Wildman–Crippen LogP) is 3.71. The Hall–Kier alpha value is -1.55. The second-order valence-corrected chi connectivity index (χ2v) is 5.95. The molecule has 4 heteroatoms. The lowest BCUT2D eigenvalue weighted by Gasteiger charge is -2.32. The highest BCUT2D eigenvalue weighted by atomic mass is 16.3. The molecule has 1 fully saturated rings. The van der Waals surface area contributed by atoms with E-state index in [4.69, 9.17) is 10.2 Å². The number of nitrogens with two attached hydrogens (primary N) is 1. The number of rotatable bonds is 5. The SMILES string of the molecule is NCCCN(c1nccc2occc12)C1CCCCCC1. The normalized spacial score (nSPS) is 17.0. The molecule has 0 spiro atoms. The van der Waals surface area contributed by atoms with Crippen LogP contribution in [-0.4, -0.2) is 24.1 Å². The van der Waals surface area contributed by atoms with E-state index in [1.807, 2.05) is 18.3 Å². The summed E-state index contributed by atoms with van der Waals surface area (Å²) in [5.41, 5.74) is 6.66. The Labute approximate surface area is 126 Å². The first-order valence-corrected chi connectivity index (χ1v) is 8.19. The van der Waals surface area contributed by atoms with Gasteiger partial charge in [0.15, 0.2) is 0 Å². The molecule has 2 heterocycles. The molecule has 2 aromatic heterocycles. The maximum absolute atomic E-state index is 5.74. The minimum atomic E-state index is 0.590. The van der Waals surface area contributed by atoms with Crippen LogP contribution in [0, 0.1) is 0 Å². The van der Waals surface area contributed by atoms with Crippen molar-refractivity contribution in [3.8, 4) is 0 Å². The third-order valence-electron chi connectivity index (χ3n) is 4.50. The highest BCUT2D eigenvalue weighted by molar-refractivity contribution is 5.88. The van der Waals surface area contributed by atoms with E-state index in [-0.39, 0.29) is 0 Å². The van der Waals surface area contributed by atoms with Gasteiger partial charge < -0.3 is 15.1 Å². The van der Waals surface area contributed by atoms with Crippen molar-refractivity contribution in [2.45, 2.75) is 51.0 Å². The van der Waals surface area contributed by atoms with Crippen LogP contribution in [0.15, 0.2) is 29.0 Å². The van der Waals surface area contributed by atoms with Crippen molar-refractivity contribution < 1.29 is 4.42 Å². The zero-order valence-electron chi connectivity index (χ0n) is 12.6. The number of nitrogens with zero attached hydrogens (tertiary/aromatic N) is 2. The van der Waals surface area contributed by atoms with Gasteiger partial charge in [0.05, 0.1) is 11.6 Å². The van der Waals surface area contributed by atoms with Gasteiger partial charge in [-0.05, 0) is 37.9 Å². The minimum absolute atomic E-state index is 0.590. The van der Waals surface area contributed by atoms with E-state index in [9.17, 15) is 0 Å². The molecule has 1 saturated carbocycles. The standard InChI is InChI=1S/C17H25N3O/c18-10-5-12-20(14-6-3-1-2-4-7-14)17-15-9-13-21-16(15)8-11-19-17/h8-9,11,13-14H,1-7,10,12,18H2. The molecule has 0 saturated heterocycles. The smallest absolute Gasteiger partial charge is 0.139 e. The third-order valence-corrected chi connectivity index (χ3v) is 4.50. The van der Waals surface area contributed by atoms with Crippen LogP contribution in [-0.2, 0) is 0 Å². The molecule has 0 aliphatic heterocycles. The molecule has 2 aromatic rings. The van der Waals surface area contributed by atoms with Crippen LogP contribution in [0.3, 0.4) is 0 Å². The number of furan rings is 1. The van der Waals surface area contributed by atoms with Gasteiger partial charge in [-0.15, -0.1) is 0 Å². The molecular weight excluding hydrogens is 262 g/mol. The van der Waals surface area contributed by atoms with E-state index in [1.54, 1.807) is 6.26 Å². The Morgan fingerprint density at radius 2 is 2.00 bits per heavy atom. The summed E-state index contributed by atoms with van der Waals surface area (Å²) in [6.45, 7) is 1.71. The predicted molar refractivity (Wildman–Crippen MR) is 86.5 cm³/mol. The molecular formula is C17H25N3O. The van der Waals surface area contributed by atoms with Crippen LogP contribution in [0.4, 0.5) is 5.82 Å². The minimum Gasteiger partial charge on any atom is -0.464 e. The van der Waals surface area contributed by atoms with Crippen LogP contribution in [0.25, 0.3) is 11.0 Å². The number of hydrogen-bond acceptors (Lipinski definition) is 4. The largest absolute Gasteiger partial charge is 0.464 e. The Balaban J connectivity index is 1.92. The molecule has 21 heavy (non-hydrogen) atoms. The fourth-order valence-corrected chi connectivity index (χ4v) is 3.40. The lowest BCUT2D eigenvalue weighted by molar-refractivity contribution is 0.516. The molecule has 114 valence electrons. The highest BCUT2D eigenvalue weighted by Gasteiger charge is 2.23. The first-order chi connectivity index (χ1) is 10.4. The van der Waals surface area contributed by atoms with E-state index >= 15 is 0 Å². The molecule has 1 aliphatic rings. The third kappa shape index (κ3) is 3.21. The van der Waals surface area contributed by atoms with Crippen molar-refractivity contribution in [3.63, 3.8) is 0 Å². The quantitative estimate of drug-likeness (QED) is 0.852. The monoisotopic (exact) mass is 287 g/mol. The van der Waals surface area contributed by atoms with Crippen LogP contribution in [0.5, 0.6) is 0 Å². The molecule has 0 atom stereocenters. The van der Waals surface area contributed by atoms with Gasteiger partial charge >= 0.3 is 0 Å². The van der Waals surface area contributed by atoms with E-state index in [1.165, 1.54) is 38.5 Å². The summed E-state index contributed by atoms with van der Waals surface area (Å²) in [6.07, 6.45) is 12.5. The summed E-state index contributed by atoms with van der Waals surface area (Å²) in [5.74, 6) is 1.07. The van der Waals surface area contributed by atoms with Crippen molar-refractivity contribution in [1.29, 1.82) is 0 Å². The average Bonchev–Trinajstić information content (AvgIpc) is 2.84. The van der Waals surface area contributed by atoms with Gasteiger partial charge in [0, 0.05) is 18.8 Å². The van der Waals surface area contributed by atoms with Crippen molar-refractivity contribution in [2.24, 2.45) is 5.73 Å². The number of aromatic nitrogens is 1. The van der Waals surface area contributed by atoms with Crippen molar-refractivity contribution in [2.75, 3.05) is 18.0 Å². The summed E-state index contributed by atoms with van der Waals surface area (Å²) < 4.78 is 5.53. The topological polar surface area (TPSA) is 55.3 Å². The van der Waals surface area contributed by atoms with Gasteiger partial charge in [0.2, 0.25) is 0 Å². The Bertz CT molecular complexity index is 558. The Morgan fingerprint density at radius 1 is 1.19 bits per heavy atom. The van der Waals surface area contributed by atoms with Gasteiger partial charge in [0.1, 0.15) is 11.4 Å². The van der Waals surface area contributed by atoms with E-state index in [0.717, 1.165) is 36.3 Å². The van der Waals surface area contributed by atoms with Crippen LogP contribution < -0.4 is 10.6 Å². The molecule has 1 aliphatic carbocycles. The first-order valence-electron chi connectivity index (χ1n) is 8.19. The zero-order valence-corrected chi connectivity index (χ0v) is 12.6. The fourth-order valence-electron chi connectivity index (χ4n) is 3.40. The van der Waals surface area contributed by atoms with Crippen LogP contribution >= 0.6 is 0 Å². The highest BCUT2D eigenvalue weighted by Crippen LogP contribution is 2.31. The molecule has 2 N–H and O–H groups in total. The number of pyridine rings is 1. The van der Waals surface area contributed by atoms with Gasteiger partial charge in [0.25, 0.3) is 0 Å². The van der Waals surface area contributed by atoms with Crippen molar-refractivity contribution in [3.05, 3.63) is 24.6 Å². The van der Waals surface area contributed by atoms with E-state index in [0.29, 0.717) is 6.04 Å². The van der Waals surface area contributed by atoms with E-state index in [2.05, 4.69) is 9.88 Å². The molecule has 4 nitrogen and oxygen atoms in total. The van der Waals surface area contributed by atoms with Gasteiger partial charge in [-0.1, -0.05) is 25.7 Å². The molecule has 0 radical (unpaired) electrons. The average molecular weight is 287 g/mol. The zero-order chi connectivity index (χ0) is 14.5. The number of hydrogen-bond donors (Lipinski definition) is 1. The Morgan fingerprint density at radius 3 is 2.76 bits per heavy atom. The fraction of sp³-hybridized carbons (Fsp3) is 0.588. The van der Waals surface area contributed by atoms with Gasteiger partial charge in [-0.2, -0.15) is 0 Å². The molecule has 0 unspecified atom stereocenters. The summed E-state index contributed by atoms with van der Waals surface area (Å²) in [6, 6.07) is 4.56. The number of fused-ring (bicyclic) bond motifs is 1. The van der Waals surface area contributed by atoms with Gasteiger partial charge in [-0.25, -0.2) is 4.98 Å². The lowest BCUT2D eigenvalue weighted by atomic mass is 10.1. The summed E-state index contributed by atoms with van der Waals surface area (Å²) in [5, 5.41) is 1.12. The second kappa shape index (κ2) is 6.94. The molecule has 0 bridgehead atoms. The maximum atomic E-state index is 5.74. The summed E-state index contributed by atoms with van der Waals surface area (Å²) >= 11 is 0. The Kier molecular flexibility index (Phi) is 4.76. The summed E-state index contributed by atoms with van der Waals surface area (Å²) in [7, 11) is 0.